The molecule has 1 aliphatic heterocycles. The van der Waals surface area contributed by atoms with Gasteiger partial charge in [-0.15, -0.1) is 0 Å². The maximum Gasteiger partial charge on any atom is 0.332 e. The van der Waals surface area contributed by atoms with Crippen molar-refractivity contribution in [2.24, 2.45) is 0 Å². The van der Waals surface area contributed by atoms with Crippen molar-refractivity contribution in [1.82, 2.24) is 4.90 Å². The monoisotopic (exact) mass is 245 g/mol. The van der Waals surface area contributed by atoms with Crippen LogP contribution < -0.4 is 0 Å². The quantitative estimate of drug-likeness (QED) is 0.603. The van der Waals surface area contributed by atoms with Gasteiger partial charge in [-0.2, -0.15) is 0 Å². The van der Waals surface area contributed by atoms with Crippen molar-refractivity contribution < 1.29 is 9.53 Å². The molecule has 1 fully saturated rings. The Kier molecular flexibility index (Phi) is 4.40. The van der Waals surface area contributed by atoms with Gasteiger partial charge in [0, 0.05) is 24.9 Å². The molecule has 3 heteroatoms. The van der Waals surface area contributed by atoms with Gasteiger partial charge in [0.25, 0.3) is 0 Å². The highest BCUT2D eigenvalue weighted by atomic mass is 16.5. The fourth-order valence-electron chi connectivity index (χ4n) is 2.10. The van der Waals surface area contributed by atoms with Crippen LogP contribution >= 0.6 is 0 Å². The molecule has 18 heavy (non-hydrogen) atoms. The molecule has 0 aliphatic carbocycles. The van der Waals surface area contributed by atoms with Crippen molar-refractivity contribution >= 4 is 5.97 Å². The Morgan fingerprint density at radius 2 is 1.94 bits per heavy atom. The number of benzene rings is 1. The lowest BCUT2D eigenvalue weighted by Crippen LogP contribution is -2.18. The first-order valence-corrected chi connectivity index (χ1v) is 6.39. The summed E-state index contributed by atoms with van der Waals surface area (Å²) in [6, 6.07) is 9.72. The molecule has 0 atom stereocenters. The normalized spacial score (nSPS) is 15.8. The van der Waals surface area contributed by atoms with Gasteiger partial charge in [0.15, 0.2) is 0 Å². The van der Waals surface area contributed by atoms with Gasteiger partial charge in [-0.25, -0.2) is 4.79 Å². The molecule has 0 bridgehead atoms. The Balaban J connectivity index is 1.83. The molecule has 0 aromatic heterocycles. The van der Waals surface area contributed by atoms with Gasteiger partial charge in [0.05, 0.1) is 0 Å². The maximum atomic E-state index is 11.7. The number of esters is 1. The van der Waals surface area contributed by atoms with Crippen LogP contribution in [-0.2, 0) is 16.1 Å². The zero-order chi connectivity index (χ0) is 12.8. The number of hydrogen-bond donors (Lipinski definition) is 0. The van der Waals surface area contributed by atoms with E-state index >= 15 is 0 Å². The highest BCUT2D eigenvalue weighted by Crippen LogP contribution is 2.14. The molecule has 2 rings (SSSR count). The molecule has 1 saturated heterocycles. The van der Waals surface area contributed by atoms with Gasteiger partial charge in [-0.3, -0.25) is 0 Å². The number of ether oxygens (including phenoxy) is 1. The molecule has 1 aliphatic rings. The summed E-state index contributed by atoms with van der Waals surface area (Å²) in [4.78, 5) is 13.9. The minimum Gasteiger partial charge on any atom is -0.458 e. The standard InChI is InChI=1S/C15H19NO2/c1-13(16-9-5-6-10-16)11-15(17)18-12-14-7-3-2-4-8-14/h2-4,7-8,11H,5-6,9-10,12H2,1H3/b13-11+. The molecule has 3 nitrogen and oxygen atoms in total. The molecular formula is C15H19NO2. The minimum absolute atomic E-state index is 0.261. The summed E-state index contributed by atoms with van der Waals surface area (Å²) >= 11 is 0. The second-order valence-electron chi connectivity index (χ2n) is 4.57. The van der Waals surface area contributed by atoms with Crippen LogP contribution in [0.5, 0.6) is 0 Å². The summed E-state index contributed by atoms with van der Waals surface area (Å²) < 4.78 is 5.22. The van der Waals surface area contributed by atoms with E-state index in [9.17, 15) is 4.79 Å². The second-order valence-corrected chi connectivity index (χ2v) is 4.57. The summed E-state index contributed by atoms with van der Waals surface area (Å²) in [5, 5.41) is 0. The highest BCUT2D eigenvalue weighted by molar-refractivity contribution is 5.82. The minimum atomic E-state index is -0.261. The zero-order valence-corrected chi connectivity index (χ0v) is 10.8. The molecule has 1 aromatic carbocycles. The summed E-state index contributed by atoms with van der Waals surface area (Å²) in [5.41, 5.74) is 2.02. The Bertz CT molecular complexity index is 419. The molecule has 0 N–H and O–H groups in total. The van der Waals surface area contributed by atoms with Crippen LogP contribution in [0.3, 0.4) is 0 Å². The third kappa shape index (κ3) is 3.62. The van der Waals surface area contributed by atoms with Crippen molar-refractivity contribution in [3.05, 3.63) is 47.7 Å². The van der Waals surface area contributed by atoms with Crippen LogP contribution in [0, 0.1) is 0 Å². The van der Waals surface area contributed by atoms with Crippen molar-refractivity contribution in [2.75, 3.05) is 13.1 Å². The summed E-state index contributed by atoms with van der Waals surface area (Å²) in [6.45, 7) is 4.40. The van der Waals surface area contributed by atoms with Crippen LogP contribution in [0.2, 0.25) is 0 Å². The van der Waals surface area contributed by atoms with E-state index in [0.29, 0.717) is 6.61 Å². The van der Waals surface area contributed by atoms with Gasteiger partial charge in [-0.1, -0.05) is 30.3 Å². The number of rotatable bonds is 4. The average molecular weight is 245 g/mol. The summed E-state index contributed by atoms with van der Waals surface area (Å²) in [6.07, 6.45) is 4.02. The van der Waals surface area contributed by atoms with E-state index in [1.54, 1.807) is 6.08 Å². The van der Waals surface area contributed by atoms with Crippen molar-refractivity contribution in [3.63, 3.8) is 0 Å². The Morgan fingerprint density at radius 3 is 2.61 bits per heavy atom. The number of likely N-dealkylation sites (tertiary alicyclic amines) is 1. The fraction of sp³-hybridized carbons (Fsp3) is 0.400. The first-order valence-electron chi connectivity index (χ1n) is 6.39. The highest BCUT2D eigenvalue weighted by Gasteiger charge is 2.12. The predicted molar refractivity (Wildman–Crippen MR) is 70.8 cm³/mol. The lowest BCUT2D eigenvalue weighted by molar-refractivity contribution is -0.139. The molecule has 1 heterocycles. The predicted octanol–water partition coefficient (Wildman–Crippen LogP) is 2.73. The van der Waals surface area contributed by atoms with Gasteiger partial charge < -0.3 is 9.64 Å². The fourth-order valence-corrected chi connectivity index (χ4v) is 2.10. The summed E-state index contributed by atoms with van der Waals surface area (Å²) in [5.74, 6) is -0.261. The van der Waals surface area contributed by atoms with Crippen LogP contribution in [0.1, 0.15) is 25.3 Å². The van der Waals surface area contributed by atoms with Crippen molar-refractivity contribution in [1.29, 1.82) is 0 Å². The summed E-state index contributed by atoms with van der Waals surface area (Å²) in [7, 11) is 0. The number of carbonyl (C=O) groups excluding carboxylic acids is 1. The lowest BCUT2D eigenvalue weighted by atomic mass is 10.2. The van der Waals surface area contributed by atoms with Crippen molar-refractivity contribution in [2.45, 2.75) is 26.4 Å². The molecule has 0 saturated carbocycles. The SMILES string of the molecule is C/C(=C\C(=O)OCc1ccccc1)N1CCCC1. The van der Waals surface area contributed by atoms with Crippen LogP contribution in [-0.4, -0.2) is 24.0 Å². The average Bonchev–Trinajstić information content (AvgIpc) is 2.91. The topological polar surface area (TPSA) is 29.5 Å². The third-order valence-corrected chi connectivity index (χ3v) is 3.16. The van der Waals surface area contributed by atoms with E-state index in [4.69, 9.17) is 4.74 Å². The van der Waals surface area contributed by atoms with Gasteiger partial charge in [0.1, 0.15) is 6.61 Å². The van der Waals surface area contributed by atoms with E-state index in [1.807, 2.05) is 37.3 Å². The van der Waals surface area contributed by atoms with Crippen LogP contribution in [0.4, 0.5) is 0 Å². The molecule has 96 valence electrons. The van der Waals surface area contributed by atoms with E-state index in [1.165, 1.54) is 12.8 Å². The zero-order valence-electron chi connectivity index (χ0n) is 10.8. The van der Waals surface area contributed by atoms with Crippen molar-refractivity contribution in [3.8, 4) is 0 Å². The largest absolute Gasteiger partial charge is 0.458 e. The molecule has 0 unspecified atom stereocenters. The van der Waals surface area contributed by atoms with E-state index < -0.39 is 0 Å². The maximum absolute atomic E-state index is 11.7. The number of allylic oxidation sites excluding steroid dienone is 1. The number of nitrogens with zero attached hydrogens (tertiary/aromatic N) is 1. The first kappa shape index (κ1) is 12.7. The van der Waals surface area contributed by atoms with E-state index in [0.717, 1.165) is 24.4 Å². The third-order valence-electron chi connectivity index (χ3n) is 3.16. The smallest absolute Gasteiger partial charge is 0.332 e. The van der Waals surface area contributed by atoms with Gasteiger partial charge in [0.2, 0.25) is 0 Å². The van der Waals surface area contributed by atoms with Crippen LogP contribution in [0.25, 0.3) is 0 Å². The molecule has 1 aromatic rings. The molecule has 0 spiro atoms. The molecule has 0 radical (unpaired) electrons. The number of hydrogen-bond acceptors (Lipinski definition) is 3. The number of carbonyl (C=O) groups is 1. The molecule has 0 amide bonds. The molecular weight excluding hydrogens is 226 g/mol. The first-order chi connectivity index (χ1) is 8.75. The second kappa shape index (κ2) is 6.24. The van der Waals surface area contributed by atoms with Gasteiger partial charge >= 0.3 is 5.97 Å². The lowest BCUT2D eigenvalue weighted by Gasteiger charge is -2.17. The Labute approximate surface area is 108 Å². The Hall–Kier alpha value is -1.77. The van der Waals surface area contributed by atoms with E-state index in [2.05, 4.69) is 4.90 Å². The van der Waals surface area contributed by atoms with Gasteiger partial charge in [-0.05, 0) is 25.3 Å². The van der Waals surface area contributed by atoms with E-state index in [-0.39, 0.29) is 5.97 Å². The Morgan fingerprint density at radius 1 is 1.28 bits per heavy atom. The van der Waals surface area contributed by atoms with Crippen LogP contribution in [0.15, 0.2) is 42.1 Å².